The second-order valence-electron chi connectivity index (χ2n) is 11.4. The molecule has 180 valence electrons. The van der Waals surface area contributed by atoms with Gasteiger partial charge in [0.1, 0.15) is 0 Å². The summed E-state index contributed by atoms with van der Waals surface area (Å²) in [7, 11) is 0. The predicted octanol–water partition coefficient (Wildman–Crippen LogP) is 4.87. The summed E-state index contributed by atoms with van der Waals surface area (Å²) < 4.78 is 5.71. The molecule has 0 aromatic heterocycles. The van der Waals surface area contributed by atoms with Gasteiger partial charge in [0, 0.05) is 13.1 Å². The molecular weight excluding hydrogens is 398 g/mol. The standard InChI is InChI=1S/C28H45NO3/c1-19(11-13-29-14-15-32-20(2)18-29)24-9-10-25-23(6-5-12-28(24,25)4)8-7-22-16-26(30)21(3)27(31)17-22/h7-8,19-20,24-27,30-31H,3,5-6,9-18H2,1-2,4H3/t19?,20?,24-,25+,26-,27-,28-/m1/s1. The number of allylic oxidation sites excluding steroid dienone is 3. The first kappa shape index (κ1) is 24.2. The first-order valence-electron chi connectivity index (χ1n) is 13.0. The molecule has 2 unspecified atom stereocenters. The van der Waals surface area contributed by atoms with Crippen LogP contribution in [0.25, 0.3) is 0 Å². The van der Waals surface area contributed by atoms with E-state index in [0.29, 0.717) is 35.9 Å². The van der Waals surface area contributed by atoms with Gasteiger partial charge in [0.15, 0.2) is 0 Å². The Bertz CT molecular complexity index is 727. The van der Waals surface area contributed by atoms with Crippen LogP contribution in [0.3, 0.4) is 0 Å². The summed E-state index contributed by atoms with van der Waals surface area (Å²) in [4.78, 5) is 2.60. The molecule has 0 bridgehead atoms. The molecule has 0 radical (unpaired) electrons. The third-order valence-corrected chi connectivity index (χ3v) is 9.25. The molecule has 1 saturated heterocycles. The van der Waals surface area contributed by atoms with Crippen LogP contribution in [0.2, 0.25) is 0 Å². The lowest BCUT2D eigenvalue weighted by Crippen LogP contribution is -2.42. The molecule has 1 aliphatic heterocycles. The van der Waals surface area contributed by atoms with Crippen molar-refractivity contribution < 1.29 is 14.9 Å². The maximum atomic E-state index is 10.2. The zero-order valence-electron chi connectivity index (χ0n) is 20.6. The highest BCUT2D eigenvalue weighted by Crippen LogP contribution is 2.59. The van der Waals surface area contributed by atoms with Gasteiger partial charge in [-0.2, -0.15) is 0 Å². The van der Waals surface area contributed by atoms with E-state index >= 15 is 0 Å². The number of morpholine rings is 1. The van der Waals surface area contributed by atoms with Gasteiger partial charge in [-0.25, -0.2) is 0 Å². The molecule has 4 aliphatic rings. The molecular formula is C28H45NO3. The van der Waals surface area contributed by atoms with E-state index in [4.69, 9.17) is 4.74 Å². The van der Waals surface area contributed by atoms with Crippen molar-refractivity contribution in [3.63, 3.8) is 0 Å². The van der Waals surface area contributed by atoms with Crippen LogP contribution < -0.4 is 0 Å². The molecule has 3 saturated carbocycles. The minimum Gasteiger partial charge on any atom is -0.388 e. The Morgan fingerprint density at radius 2 is 1.97 bits per heavy atom. The second kappa shape index (κ2) is 10.1. The van der Waals surface area contributed by atoms with Crippen molar-refractivity contribution in [3.8, 4) is 0 Å². The normalized spacial score (nSPS) is 41.0. The van der Waals surface area contributed by atoms with Crippen molar-refractivity contribution in [1.82, 2.24) is 4.90 Å². The molecule has 0 spiro atoms. The summed E-state index contributed by atoms with van der Waals surface area (Å²) >= 11 is 0. The number of aliphatic hydroxyl groups is 2. The van der Waals surface area contributed by atoms with Crippen molar-refractivity contribution in [2.45, 2.75) is 90.4 Å². The van der Waals surface area contributed by atoms with Gasteiger partial charge in [0.2, 0.25) is 0 Å². The molecule has 1 heterocycles. The lowest BCUT2D eigenvalue weighted by molar-refractivity contribution is -0.0216. The van der Waals surface area contributed by atoms with Crippen molar-refractivity contribution >= 4 is 0 Å². The fourth-order valence-electron chi connectivity index (χ4n) is 7.32. The Morgan fingerprint density at radius 3 is 2.69 bits per heavy atom. The van der Waals surface area contributed by atoms with Gasteiger partial charge in [-0.15, -0.1) is 0 Å². The summed E-state index contributed by atoms with van der Waals surface area (Å²) in [6.07, 6.45) is 12.8. The minimum atomic E-state index is -0.605. The van der Waals surface area contributed by atoms with Crippen LogP contribution >= 0.6 is 0 Å². The van der Waals surface area contributed by atoms with Gasteiger partial charge in [-0.05, 0) is 93.6 Å². The van der Waals surface area contributed by atoms with E-state index in [2.05, 4.69) is 44.4 Å². The molecule has 4 heteroatoms. The van der Waals surface area contributed by atoms with Gasteiger partial charge < -0.3 is 14.9 Å². The van der Waals surface area contributed by atoms with Crippen LogP contribution in [-0.2, 0) is 4.74 Å². The maximum Gasteiger partial charge on any atom is 0.0809 e. The van der Waals surface area contributed by atoms with Crippen molar-refractivity contribution in [3.05, 3.63) is 35.5 Å². The van der Waals surface area contributed by atoms with Crippen molar-refractivity contribution in [2.75, 3.05) is 26.2 Å². The topological polar surface area (TPSA) is 52.9 Å². The average molecular weight is 444 g/mol. The summed E-state index contributed by atoms with van der Waals surface area (Å²) in [6.45, 7) is 15.3. The molecule has 7 atom stereocenters. The van der Waals surface area contributed by atoms with Crippen molar-refractivity contribution in [1.29, 1.82) is 0 Å². The highest BCUT2D eigenvalue weighted by Gasteiger charge is 2.50. The first-order chi connectivity index (χ1) is 15.3. The zero-order chi connectivity index (χ0) is 22.9. The monoisotopic (exact) mass is 443 g/mol. The Hall–Kier alpha value is -0.940. The van der Waals surface area contributed by atoms with Crippen LogP contribution in [0, 0.1) is 23.2 Å². The molecule has 0 aromatic carbocycles. The molecule has 4 rings (SSSR count). The van der Waals surface area contributed by atoms with E-state index in [0.717, 1.165) is 37.1 Å². The molecule has 32 heavy (non-hydrogen) atoms. The number of hydrogen-bond acceptors (Lipinski definition) is 4. The number of nitrogens with zero attached hydrogens (tertiary/aromatic N) is 1. The van der Waals surface area contributed by atoms with E-state index in [9.17, 15) is 10.2 Å². The summed E-state index contributed by atoms with van der Waals surface area (Å²) in [5.41, 5.74) is 3.75. The summed E-state index contributed by atoms with van der Waals surface area (Å²) in [5, 5.41) is 20.3. The van der Waals surface area contributed by atoms with Gasteiger partial charge in [0.05, 0.1) is 24.9 Å². The van der Waals surface area contributed by atoms with E-state index in [1.165, 1.54) is 45.1 Å². The van der Waals surface area contributed by atoms with Crippen LogP contribution in [0.4, 0.5) is 0 Å². The zero-order valence-corrected chi connectivity index (χ0v) is 20.6. The van der Waals surface area contributed by atoms with Gasteiger partial charge >= 0.3 is 0 Å². The Labute approximate surface area is 195 Å². The molecule has 2 N–H and O–H groups in total. The molecule has 0 amide bonds. The number of ether oxygens (including phenoxy) is 1. The van der Waals surface area contributed by atoms with Crippen LogP contribution in [0.5, 0.6) is 0 Å². The highest BCUT2D eigenvalue weighted by atomic mass is 16.5. The molecule has 4 nitrogen and oxygen atoms in total. The number of hydrogen-bond donors (Lipinski definition) is 2. The number of rotatable bonds is 5. The largest absolute Gasteiger partial charge is 0.388 e. The quantitative estimate of drug-likeness (QED) is 0.595. The second-order valence-corrected chi connectivity index (χ2v) is 11.4. The molecule has 4 fully saturated rings. The third-order valence-electron chi connectivity index (χ3n) is 9.25. The van der Waals surface area contributed by atoms with Crippen LogP contribution in [-0.4, -0.2) is 59.7 Å². The smallest absolute Gasteiger partial charge is 0.0809 e. The molecule has 3 aliphatic carbocycles. The van der Waals surface area contributed by atoms with Crippen LogP contribution in [0.15, 0.2) is 35.5 Å². The van der Waals surface area contributed by atoms with E-state index < -0.39 is 12.2 Å². The first-order valence-corrected chi connectivity index (χ1v) is 13.0. The SMILES string of the molecule is C=C1[C@H](O)CC(=CC=C2CCC[C@]3(C)[C@@H](C(C)CCN4CCOC(C)C4)CC[C@@H]23)C[C@H]1O. The third kappa shape index (κ3) is 5.09. The lowest BCUT2D eigenvalue weighted by Gasteiger charge is -2.44. The highest BCUT2D eigenvalue weighted by molar-refractivity contribution is 5.29. The maximum absolute atomic E-state index is 10.2. The Balaban J connectivity index is 1.39. The van der Waals surface area contributed by atoms with Gasteiger partial charge in [-0.3, -0.25) is 4.90 Å². The lowest BCUT2D eigenvalue weighted by atomic mass is 9.61. The molecule has 0 aromatic rings. The summed E-state index contributed by atoms with van der Waals surface area (Å²) in [5.74, 6) is 2.26. The van der Waals surface area contributed by atoms with E-state index in [-0.39, 0.29) is 0 Å². The number of fused-ring (bicyclic) bond motifs is 1. The summed E-state index contributed by atoms with van der Waals surface area (Å²) in [6, 6.07) is 0. The average Bonchev–Trinajstić information content (AvgIpc) is 3.12. The van der Waals surface area contributed by atoms with E-state index in [1.807, 2.05) is 0 Å². The van der Waals surface area contributed by atoms with Crippen molar-refractivity contribution in [2.24, 2.45) is 23.2 Å². The fraction of sp³-hybridized carbons (Fsp3) is 0.786. The minimum absolute atomic E-state index is 0.372. The Morgan fingerprint density at radius 1 is 1.22 bits per heavy atom. The van der Waals surface area contributed by atoms with E-state index in [1.54, 1.807) is 5.57 Å². The fourth-order valence-corrected chi connectivity index (χ4v) is 7.32. The van der Waals surface area contributed by atoms with Gasteiger partial charge in [0.25, 0.3) is 0 Å². The Kier molecular flexibility index (Phi) is 7.66. The van der Waals surface area contributed by atoms with Crippen LogP contribution in [0.1, 0.15) is 72.1 Å². The number of aliphatic hydroxyl groups excluding tert-OH is 2. The predicted molar refractivity (Wildman–Crippen MR) is 130 cm³/mol. The van der Waals surface area contributed by atoms with Gasteiger partial charge in [-0.1, -0.05) is 43.7 Å².